The van der Waals surface area contributed by atoms with Gasteiger partial charge in [-0.15, -0.1) is 0 Å². The quantitative estimate of drug-likeness (QED) is 0.115. The van der Waals surface area contributed by atoms with E-state index < -0.39 is 0 Å². The van der Waals surface area contributed by atoms with Crippen molar-refractivity contribution >= 4 is 35.1 Å². The number of anilines is 2. The van der Waals surface area contributed by atoms with E-state index >= 15 is 0 Å². The van der Waals surface area contributed by atoms with E-state index in [-0.39, 0.29) is 11.3 Å². The molecule has 0 fully saturated rings. The van der Waals surface area contributed by atoms with Gasteiger partial charge in [-0.2, -0.15) is 0 Å². The van der Waals surface area contributed by atoms with Crippen molar-refractivity contribution in [3.8, 4) is 0 Å². The van der Waals surface area contributed by atoms with Crippen molar-refractivity contribution in [2.24, 2.45) is 12.0 Å². The van der Waals surface area contributed by atoms with Gasteiger partial charge in [0.25, 0.3) is 0 Å². The molecule has 1 amide bonds. The molecule has 1 heterocycles. The van der Waals surface area contributed by atoms with Gasteiger partial charge in [-0.05, 0) is 40.8 Å². The maximum absolute atomic E-state index is 11.7. The maximum atomic E-state index is 11.7. The molecule has 0 saturated heterocycles. The number of nitrogens with one attached hydrogen (secondary N) is 3. The molecule has 4 aromatic rings. The number of aldehydes is 1. The van der Waals surface area contributed by atoms with E-state index in [9.17, 15) is 9.59 Å². The van der Waals surface area contributed by atoms with E-state index in [0.29, 0.717) is 23.8 Å². The molecular formula is C36H46N6O2. The topological polar surface area (TPSA) is 100 Å². The number of amides is 1. The first-order chi connectivity index (χ1) is 21.0. The number of benzene rings is 3. The molecule has 0 aliphatic carbocycles. The minimum Gasteiger partial charge on any atom is -0.388 e. The largest absolute Gasteiger partial charge is 0.388 e. The molecular weight excluding hydrogens is 548 g/mol. The van der Waals surface area contributed by atoms with Crippen LogP contribution in [-0.2, 0) is 23.7 Å². The third-order valence-corrected chi connectivity index (χ3v) is 6.51. The Balaban J connectivity index is 0.000000403. The van der Waals surface area contributed by atoms with Crippen LogP contribution in [-0.4, -0.2) is 41.7 Å². The van der Waals surface area contributed by atoms with Crippen LogP contribution in [0.2, 0.25) is 0 Å². The molecule has 0 aliphatic rings. The van der Waals surface area contributed by atoms with Crippen molar-refractivity contribution in [3.63, 3.8) is 0 Å². The Kier molecular flexibility index (Phi) is 13.8. The third kappa shape index (κ3) is 10.7. The molecule has 1 aromatic heterocycles. The number of imidazole rings is 1. The van der Waals surface area contributed by atoms with Crippen LogP contribution in [0, 0.1) is 0 Å². The van der Waals surface area contributed by atoms with Crippen LogP contribution < -0.4 is 16.0 Å². The van der Waals surface area contributed by atoms with Crippen molar-refractivity contribution in [1.29, 1.82) is 0 Å². The summed E-state index contributed by atoms with van der Waals surface area (Å²) in [6.45, 7) is 14.6. The van der Waals surface area contributed by atoms with Crippen LogP contribution in [0.5, 0.6) is 0 Å². The standard InChI is InChI=1S/C23H26N6O.C11H14O.C2H6/c1-16(18-8-6-9-19(15-18)24-2)27-22(23-26-11-12-29(23)4)28-20-10-5-7-17(13-20)14-21(30)25-3;1-11(2,3)10-6-4-9(8-12)5-7-10;1-2/h5-13,15,24H,1,14H2,2-4H3,(H,25,30)(H,27,28);4-8H,1-3H3;1-2H3. The Morgan fingerprint density at radius 2 is 1.64 bits per heavy atom. The monoisotopic (exact) mass is 594 g/mol. The Labute approximate surface area is 262 Å². The lowest BCUT2D eigenvalue weighted by Crippen LogP contribution is -2.20. The van der Waals surface area contributed by atoms with E-state index in [0.717, 1.165) is 34.4 Å². The number of carbonyl (C=O) groups is 2. The van der Waals surface area contributed by atoms with Crippen molar-refractivity contribution in [3.05, 3.63) is 120 Å². The molecule has 0 aliphatic heterocycles. The van der Waals surface area contributed by atoms with Gasteiger partial charge in [0.15, 0.2) is 11.7 Å². The smallest absolute Gasteiger partial charge is 0.224 e. The molecule has 3 N–H and O–H groups in total. The number of hydrogen-bond donors (Lipinski definition) is 3. The second-order valence-electron chi connectivity index (χ2n) is 10.8. The predicted octanol–water partition coefficient (Wildman–Crippen LogP) is 7.10. The first kappa shape index (κ1) is 35.2. The van der Waals surface area contributed by atoms with Crippen molar-refractivity contribution in [1.82, 2.24) is 14.9 Å². The number of likely N-dealkylation sites (N-methyl/N-ethyl adjacent to an activating group) is 1. The highest BCUT2D eigenvalue weighted by Gasteiger charge is 2.13. The summed E-state index contributed by atoms with van der Waals surface area (Å²) in [4.78, 5) is 31.3. The lowest BCUT2D eigenvalue weighted by molar-refractivity contribution is -0.119. The number of amidine groups is 1. The predicted molar refractivity (Wildman–Crippen MR) is 184 cm³/mol. The molecule has 0 bridgehead atoms. The second kappa shape index (κ2) is 17.2. The van der Waals surface area contributed by atoms with Crippen LogP contribution in [0.25, 0.3) is 5.70 Å². The number of nitrogens with zero attached hydrogens (tertiary/aromatic N) is 3. The summed E-state index contributed by atoms with van der Waals surface area (Å²) in [6, 6.07) is 23.3. The average molecular weight is 595 g/mol. The second-order valence-corrected chi connectivity index (χ2v) is 10.8. The molecule has 44 heavy (non-hydrogen) atoms. The Hall–Kier alpha value is -4.98. The van der Waals surface area contributed by atoms with Gasteiger partial charge < -0.3 is 20.5 Å². The lowest BCUT2D eigenvalue weighted by atomic mass is 9.87. The molecule has 0 saturated carbocycles. The number of aromatic nitrogens is 2. The van der Waals surface area contributed by atoms with Gasteiger partial charge in [-0.3, -0.25) is 9.59 Å². The van der Waals surface area contributed by atoms with Crippen LogP contribution in [0.15, 0.2) is 96.8 Å². The van der Waals surface area contributed by atoms with Crippen LogP contribution in [0.4, 0.5) is 11.4 Å². The zero-order valence-electron chi connectivity index (χ0n) is 27.2. The van der Waals surface area contributed by atoms with E-state index in [4.69, 9.17) is 4.99 Å². The Morgan fingerprint density at radius 3 is 2.20 bits per heavy atom. The van der Waals surface area contributed by atoms with Gasteiger partial charge in [0, 0.05) is 56.0 Å². The zero-order valence-corrected chi connectivity index (χ0v) is 27.2. The molecule has 0 atom stereocenters. The normalized spacial score (nSPS) is 10.8. The number of rotatable bonds is 8. The summed E-state index contributed by atoms with van der Waals surface area (Å²) >= 11 is 0. The van der Waals surface area contributed by atoms with Gasteiger partial charge in [0.1, 0.15) is 6.29 Å². The van der Waals surface area contributed by atoms with Gasteiger partial charge in [-0.1, -0.05) is 89.7 Å². The number of carbonyl (C=O) groups excluding carboxylic acids is 2. The van der Waals surface area contributed by atoms with E-state index in [2.05, 4.69) is 48.3 Å². The minimum atomic E-state index is -0.0389. The number of aryl methyl sites for hydroxylation is 1. The fraction of sp³-hybridized carbons (Fsp3) is 0.278. The van der Waals surface area contributed by atoms with Crippen molar-refractivity contribution in [2.75, 3.05) is 24.7 Å². The molecule has 0 radical (unpaired) electrons. The van der Waals surface area contributed by atoms with Crippen LogP contribution in [0.3, 0.4) is 0 Å². The van der Waals surface area contributed by atoms with E-state index in [1.807, 2.05) is 112 Å². The van der Waals surface area contributed by atoms with Gasteiger partial charge in [-0.25, -0.2) is 9.98 Å². The highest BCUT2D eigenvalue weighted by molar-refractivity contribution is 6.08. The first-order valence-electron chi connectivity index (χ1n) is 14.7. The molecule has 4 rings (SSSR count). The highest BCUT2D eigenvalue weighted by atomic mass is 16.1. The average Bonchev–Trinajstić information content (AvgIpc) is 3.47. The summed E-state index contributed by atoms with van der Waals surface area (Å²) in [7, 11) is 5.41. The van der Waals surface area contributed by atoms with Gasteiger partial charge in [0.2, 0.25) is 5.91 Å². The van der Waals surface area contributed by atoms with Crippen molar-refractivity contribution < 1.29 is 9.59 Å². The molecule has 0 unspecified atom stereocenters. The van der Waals surface area contributed by atoms with Crippen LogP contribution in [0.1, 0.15) is 67.5 Å². The van der Waals surface area contributed by atoms with Crippen LogP contribution >= 0.6 is 0 Å². The fourth-order valence-corrected chi connectivity index (χ4v) is 4.01. The maximum Gasteiger partial charge on any atom is 0.224 e. The third-order valence-electron chi connectivity index (χ3n) is 6.51. The molecule has 8 heteroatoms. The summed E-state index contributed by atoms with van der Waals surface area (Å²) in [5.74, 6) is 1.21. The SMILES string of the molecule is C=C(N=C(Nc1cccc(CC(=O)NC)c1)c1nccn1C)c1cccc(NC)c1.CC.CC(C)(C)c1ccc(C=O)cc1. The summed E-state index contributed by atoms with van der Waals surface area (Å²) in [5.41, 5.74) is 6.38. The van der Waals surface area contributed by atoms with E-state index in [1.165, 1.54) is 5.56 Å². The fourth-order valence-electron chi connectivity index (χ4n) is 4.01. The summed E-state index contributed by atoms with van der Waals surface area (Å²) < 4.78 is 1.89. The summed E-state index contributed by atoms with van der Waals surface area (Å²) in [5, 5.41) is 9.11. The zero-order chi connectivity index (χ0) is 32.7. The van der Waals surface area contributed by atoms with E-state index in [1.54, 1.807) is 13.2 Å². The molecule has 232 valence electrons. The van der Waals surface area contributed by atoms with Crippen molar-refractivity contribution in [2.45, 2.75) is 46.5 Å². The first-order valence-corrected chi connectivity index (χ1v) is 14.7. The Bertz CT molecular complexity index is 1550. The molecule has 0 spiro atoms. The van der Waals surface area contributed by atoms with Gasteiger partial charge in [0.05, 0.1) is 12.1 Å². The molecule has 3 aromatic carbocycles. The summed E-state index contributed by atoms with van der Waals surface area (Å²) in [6.07, 6.45) is 4.76. The lowest BCUT2D eigenvalue weighted by Gasteiger charge is -2.18. The van der Waals surface area contributed by atoms with Gasteiger partial charge >= 0.3 is 0 Å². The number of hydrogen-bond acceptors (Lipinski definition) is 5. The Morgan fingerprint density at radius 1 is 0.977 bits per heavy atom. The molecule has 8 nitrogen and oxygen atoms in total. The highest BCUT2D eigenvalue weighted by Crippen LogP contribution is 2.22. The number of aliphatic imine (C=N–C) groups is 1. The minimum absolute atomic E-state index is 0.0389.